The fourth-order valence-electron chi connectivity index (χ4n) is 4.74. The lowest BCUT2D eigenvalue weighted by molar-refractivity contribution is -0.120. The van der Waals surface area contributed by atoms with Crippen LogP contribution in [0.15, 0.2) is 66.0 Å². The number of hydrogen-bond acceptors (Lipinski definition) is 6. The Labute approximate surface area is 248 Å². The molecule has 0 saturated carbocycles. The van der Waals surface area contributed by atoms with Crippen LogP contribution < -0.4 is 21.3 Å². The SMILES string of the molecule is CNC(=O)c1ccc2c(c1)-c1ccnc(c1)[C@@H](NC(=O)/C(C=N)=C(\C)Nc1cccc(Cl)c1F)CCC[C@@H](C)C(=O)N2. The van der Waals surface area contributed by atoms with Crippen LogP contribution in [0, 0.1) is 17.1 Å². The highest BCUT2D eigenvalue weighted by molar-refractivity contribution is 6.31. The van der Waals surface area contributed by atoms with Gasteiger partial charge in [-0.1, -0.05) is 31.0 Å². The van der Waals surface area contributed by atoms with Crippen LogP contribution in [0.5, 0.6) is 0 Å². The third-order valence-corrected chi connectivity index (χ3v) is 7.46. The van der Waals surface area contributed by atoms with Crippen LogP contribution in [0.3, 0.4) is 0 Å². The number of hydrogen-bond donors (Lipinski definition) is 5. The van der Waals surface area contributed by atoms with Gasteiger partial charge >= 0.3 is 0 Å². The van der Waals surface area contributed by atoms with E-state index in [0.717, 1.165) is 6.21 Å². The Morgan fingerprint density at radius 2 is 1.95 bits per heavy atom. The minimum Gasteiger partial charge on any atom is -0.356 e. The van der Waals surface area contributed by atoms with E-state index in [1.54, 1.807) is 50.5 Å². The van der Waals surface area contributed by atoms with Crippen LogP contribution in [-0.2, 0) is 9.59 Å². The molecule has 0 spiro atoms. The molecule has 2 atom stereocenters. The molecule has 0 unspecified atom stereocenters. The Balaban J connectivity index is 1.71. The second-order valence-electron chi connectivity index (χ2n) is 10.1. The average molecular weight is 591 g/mol. The van der Waals surface area contributed by atoms with E-state index in [1.807, 2.05) is 13.0 Å². The first-order valence-corrected chi connectivity index (χ1v) is 13.9. The van der Waals surface area contributed by atoms with Crippen molar-refractivity contribution in [3.8, 4) is 11.1 Å². The number of nitrogens with one attached hydrogen (secondary N) is 5. The van der Waals surface area contributed by atoms with E-state index in [0.29, 0.717) is 47.3 Å². The van der Waals surface area contributed by atoms with Gasteiger partial charge in [0, 0.05) is 47.9 Å². The first-order valence-electron chi connectivity index (χ1n) is 13.5. The molecule has 0 fully saturated rings. The molecule has 2 bridgehead atoms. The number of allylic oxidation sites excluding steroid dienone is 1. The zero-order valence-corrected chi connectivity index (χ0v) is 24.2. The van der Waals surface area contributed by atoms with Crippen LogP contribution in [-0.4, -0.2) is 36.0 Å². The van der Waals surface area contributed by atoms with Gasteiger partial charge in [0.1, 0.15) is 0 Å². The van der Waals surface area contributed by atoms with E-state index in [1.165, 1.54) is 12.1 Å². The van der Waals surface area contributed by atoms with Crippen molar-refractivity contribution >= 4 is 46.9 Å². The number of aromatic nitrogens is 1. The fraction of sp³-hybridized carbons (Fsp3) is 0.258. The minimum atomic E-state index is -0.665. The maximum atomic E-state index is 14.5. The van der Waals surface area contributed by atoms with Crippen LogP contribution >= 0.6 is 11.6 Å². The first-order chi connectivity index (χ1) is 20.1. The van der Waals surface area contributed by atoms with Crippen molar-refractivity contribution in [3.05, 3.63) is 88.1 Å². The van der Waals surface area contributed by atoms with Crippen molar-refractivity contribution in [2.75, 3.05) is 17.7 Å². The Hall–Kier alpha value is -4.57. The molecule has 1 aliphatic heterocycles. The lowest BCUT2D eigenvalue weighted by Gasteiger charge is -2.23. The predicted molar refractivity (Wildman–Crippen MR) is 162 cm³/mol. The molecule has 1 aliphatic rings. The highest BCUT2D eigenvalue weighted by atomic mass is 35.5. The van der Waals surface area contributed by atoms with Gasteiger partial charge in [-0.25, -0.2) is 4.39 Å². The summed E-state index contributed by atoms with van der Waals surface area (Å²) in [5.41, 5.74) is 3.24. The number of pyridine rings is 1. The van der Waals surface area contributed by atoms with Crippen molar-refractivity contribution in [2.24, 2.45) is 5.92 Å². The Kier molecular flexibility index (Phi) is 9.69. The molecule has 0 aliphatic carbocycles. The first kappa shape index (κ1) is 30.4. The third kappa shape index (κ3) is 6.83. The van der Waals surface area contributed by atoms with Crippen LogP contribution in [0.1, 0.15) is 55.2 Å². The van der Waals surface area contributed by atoms with Gasteiger partial charge in [0.2, 0.25) is 5.91 Å². The van der Waals surface area contributed by atoms with Crippen LogP contribution in [0.2, 0.25) is 5.02 Å². The number of carbonyl (C=O) groups excluding carboxylic acids is 3. The summed E-state index contributed by atoms with van der Waals surface area (Å²) < 4.78 is 14.5. The molecular weight excluding hydrogens is 559 g/mol. The normalized spacial score (nSPS) is 17.3. The molecule has 2 heterocycles. The molecule has 11 heteroatoms. The van der Waals surface area contributed by atoms with E-state index >= 15 is 0 Å². The van der Waals surface area contributed by atoms with Gasteiger partial charge in [-0.2, -0.15) is 0 Å². The van der Waals surface area contributed by atoms with Gasteiger partial charge in [-0.3, -0.25) is 19.4 Å². The summed E-state index contributed by atoms with van der Waals surface area (Å²) >= 11 is 5.89. The highest BCUT2D eigenvalue weighted by Gasteiger charge is 2.24. The molecule has 0 radical (unpaired) electrons. The largest absolute Gasteiger partial charge is 0.356 e. The summed E-state index contributed by atoms with van der Waals surface area (Å²) in [6.07, 6.45) is 4.17. The molecule has 218 valence electrons. The van der Waals surface area contributed by atoms with E-state index < -0.39 is 17.8 Å². The maximum absolute atomic E-state index is 14.5. The third-order valence-electron chi connectivity index (χ3n) is 7.17. The quantitative estimate of drug-likeness (QED) is 0.181. The number of rotatable bonds is 6. The summed E-state index contributed by atoms with van der Waals surface area (Å²) in [7, 11) is 1.54. The summed E-state index contributed by atoms with van der Waals surface area (Å²) in [5, 5.41) is 19.3. The van der Waals surface area contributed by atoms with Crippen molar-refractivity contribution < 1.29 is 18.8 Å². The molecule has 2 aromatic carbocycles. The molecule has 9 nitrogen and oxygen atoms in total. The zero-order chi connectivity index (χ0) is 30.4. The van der Waals surface area contributed by atoms with Gasteiger partial charge in [-0.05, 0) is 67.8 Å². The molecule has 4 rings (SSSR count). The zero-order valence-electron chi connectivity index (χ0n) is 23.5. The Morgan fingerprint density at radius 1 is 1.17 bits per heavy atom. The molecule has 3 aromatic rings. The number of nitrogens with zero attached hydrogens (tertiary/aromatic N) is 1. The summed E-state index contributed by atoms with van der Waals surface area (Å²) in [4.78, 5) is 43.4. The molecule has 42 heavy (non-hydrogen) atoms. The smallest absolute Gasteiger partial charge is 0.255 e. The van der Waals surface area contributed by atoms with E-state index in [-0.39, 0.29) is 39.7 Å². The van der Waals surface area contributed by atoms with Gasteiger partial charge in [0.05, 0.1) is 28.0 Å². The molecule has 0 saturated heterocycles. The number of amides is 3. The van der Waals surface area contributed by atoms with Gasteiger partial charge in [0.25, 0.3) is 11.8 Å². The number of anilines is 2. The Morgan fingerprint density at radius 3 is 2.69 bits per heavy atom. The van der Waals surface area contributed by atoms with Gasteiger partial charge in [0.15, 0.2) is 5.82 Å². The van der Waals surface area contributed by atoms with Crippen LogP contribution in [0.4, 0.5) is 15.8 Å². The topological polar surface area (TPSA) is 136 Å². The fourth-order valence-corrected chi connectivity index (χ4v) is 4.92. The van der Waals surface area contributed by atoms with Gasteiger partial charge < -0.3 is 26.7 Å². The number of halogens is 2. The Bertz CT molecular complexity index is 1570. The molecule has 5 N–H and O–H groups in total. The summed E-state index contributed by atoms with van der Waals surface area (Å²) in [5.74, 6) is -1.94. The molecule has 3 amide bonds. The van der Waals surface area contributed by atoms with Crippen molar-refractivity contribution in [3.63, 3.8) is 0 Å². The lowest BCUT2D eigenvalue weighted by Crippen LogP contribution is -2.32. The van der Waals surface area contributed by atoms with Crippen molar-refractivity contribution in [2.45, 2.75) is 39.2 Å². The standard InChI is InChI=1S/C31H32ClFN6O3/c1-17-6-4-8-25(39-31(42)22(16-34)18(2)37-26-9-5-7-23(32)28(26)33)27-15-19(12-13-36-27)21-14-20(30(41)35-3)10-11-24(21)38-29(17)40/h5,7,9-17,25,34,37H,4,6,8H2,1-3H3,(H,35,41)(H,38,40)(H,39,42)/b22-18+,34-16?/t17-,25+/m1/s1. The van der Waals surface area contributed by atoms with Crippen molar-refractivity contribution in [1.82, 2.24) is 15.6 Å². The van der Waals surface area contributed by atoms with Crippen molar-refractivity contribution in [1.29, 1.82) is 5.41 Å². The summed E-state index contributed by atoms with van der Waals surface area (Å²) in [6, 6.07) is 12.6. The number of carbonyl (C=O) groups is 3. The second-order valence-corrected chi connectivity index (χ2v) is 10.5. The van der Waals surface area contributed by atoms with E-state index in [4.69, 9.17) is 17.0 Å². The number of fused-ring (bicyclic) bond motifs is 4. The van der Waals surface area contributed by atoms with E-state index in [2.05, 4.69) is 26.3 Å². The number of benzene rings is 2. The average Bonchev–Trinajstić information content (AvgIpc) is 2.98. The molecular formula is C31H32ClFN6O3. The van der Waals surface area contributed by atoms with E-state index in [9.17, 15) is 18.8 Å². The van der Waals surface area contributed by atoms with Crippen LogP contribution in [0.25, 0.3) is 11.1 Å². The highest BCUT2D eigenvalue weighted by Crippen LogP contribution is 2.33. The maximum Gasteiger partial charge on any atom is 0.255 e. The predicted octanol–water partition coefficient (Wildman–Crippen LogP) is 5.85. The summed E-state index contributed by atoms with van der Waals surface area (Å²) in [6.45, 7) is 3.41. The lowest BCUT2D eigenvalue weighted by atomic mass is 9.94. The van der Waals surface area contributed by atoms with Gasteiger partial charge in [-0.15, -0.1) is 0 Å². The monoisotopic (exact) mass is 590 g/mol. The molecule has 1 aromatic heterocycles. The minimum absolute atomic E-state index is 0.00459. The second kappa shape index (κ2) is 13.4.